The van der Waals surface area contributed by atoms with Crippen molar-refractivity contribution >= 4 is 15.9 Å². The Morgan fingerprint density at radius 1 is 1.53 bits per heavy atom. The van der Waals surface area contributed by atoms with Gasteiger partial charge in [0.15, 0.2) is 0 Å². The van der Waals surface area contributed by atoms with E-state index in [1.54, 1.807) is 13.2 Å². The van der Waals surface area contributed by atoms with Crippen LogP contribution in [0.5, 0.6) is 5.75 Å². The van der Waals surface area contributed by atoms with Crippen molar-refractivity contribution in [2.24, 2.45) is 5.92 Å². The number of piperidine rings is 1. The summed E-state index contributed by atoms with van der Waals surface area (Å²) in [7, 11) is 1.63. The molecule has 1 aromatic rings. The van der Waals surface area contributed by atoms with Crippen molar-refractivity contribution in [3.8, 4) is 5.75 Å². The van der Waals surface area contributed by atoms with Crippen molar-refractivity contribution in [3.05, 3.63) is 28.0 Å². The molecule has 0 bridgehead atoms. The van der Waals surface area contributed by atoms with E-state index in [0.29, 0.717) is 10.4 Å². The maximum atomic E-state index is 13.4. The van der Waals surface area contributed by atoms with Crippen molar-refractivity contribution in [2.45, 2.75) is 19.3 Å². The van der Waals surface area contributed by atoms with Crippen molar-refractivity contribution in [2.75, 3.05) is 20.2 Å². The molecule has 1 aliphatic rings. The molecule has 2 rings (SSSR count). The highest BCUT2D eigenvalue weighted by atomic mass is 79.9. The van der Waals surface area contributed by atoms with Crippen LogP contribution in [0.15, 0.2) is 16.6 Å². The third kappa shape index (κ3) is 3.19. The van der Waals surface area contributed by atoms with Gasteiger partial charge in [-0.3, -0.25) is 0 Å². The minimum atomic E-state index is -0.212. The van der Waals surface area contributed by atoms with E-state index in [4.69, 9.17) is 4.74 Å². The lowest BCUT2D eigenvalue weighted by molar-refractivity contribution is 0.362. The fraction of sp³-hybridized carbons (Fsp3) is 0.538. The topological polar surface area (TPSA) is 21.3 Å². The molecule has 0 spiro atoms. The lowest BCUT2D eigenvalue weighted by Crippen LogP contribution is -2.30. The molecule has 1 atom stereocenters. The lowest BCUT2D eigenvalue weighted by Gasteiger charge is -2.23. The Morgan fingerprint density at radius 2 is 2.35 bits per heavy atom. The zero-order valence-electron chi connectivity index (χ0n) is 9.93. The van der Waals surface area contributed by atoms with E-state index in [2.05, 4.69) is 21.2 Å². The average molecular weight is 302 g/mol. The molecule has 0 amide bonds. The van der Waals surface area contributed by atoms with Gasteiger partial charge < -0.3 is 10.1 Å². The van der Waals surface area contributed by atoms with Gasteiger partial charge in [-0.2, -0.15) is 0 Å². The quantitative estimate of drug-likeness (QED) is 0.926. The first-order valence-corrected chi connectivity index (χ1v) is 6.72. The van der Waals surface area contributed by atoms with E-state index in [9.17, 15) is 4.39 Å². The summed E-state index contributed by atoms with van der Waals surface area (Å²) in [6, 6.07) is 3.03. The molecule has 1 saturated heterocycles. The molecule has 1 aliphatic heterocycles. The third-order valence-electron chi connectivity index (χ3n) is 3.20. The highest BCUT2D eigenvalue weighted by Crippen LogP contribution is 2.32. The van der Waals surface area contributed by atoms with E-state index < -0.39 is 0 Å². The molecule has 1 heterocycles. The maximum absolute atomic E-state index is 13.4. The Kier molecular flexibility index (Phi) is 4.40. The van der Waals surface area contributed by atoms with Crippen LogP contribution in [0.4, 0.5) is 4.39 Å². The zero-order valence-corrected chi connectivity index (χ0v) is 11.5. The van der Waals surface area contributed by atoms with E-state index in [0.717, 1.165) is 30.8 Å². The second-order valence-electron chi connectivity index (χ2n) is 4.50. The van der Waals surface area contributed by atoms with E-state index in [1.807, 2.05) is 0 Å². The number of nitrogens with one attached hydrogen (secondary N) is 1. The Hall–Kier alpha value is -0.610. The second-order valence-corrected chi connectivity index (χ2v) is 5.35. The molecule has 17 heavy (non-hydrogen) atoms. The highest BCUT2D eigenvalue weighted by molar-refractivity contribution is 9.10. The van der Waals surface area contributed by atoms with Gasteiger partial charge in [-0.05, 0) is 71.9 Å². The van der Waals surface area contributed by atoms with Crippen LogP contribution < -0.4 is 10.1 Å². The number of hydrogen-bond acceptors (Lipinski definition) is 2. The highest BCUT2D eigenvalue weighted by Gasteiger charge is 2.17. The van der Waals surface area contributed by atoms with Crippen LogP contribution in [-0.2, 0) is 6.42 Å². The predicted octanol–water partition coefficient (Wildman–Crippen LogP) is 3.14. The first-order valence-electron chi connectivity index (χ1n) is 5.93. The third-order valence-corrected chi connectivity index (χ3v) is 3.79. The molecular weight excluding hydrogens is 285 g/mol. The average Bonchev–Trinajstić information content (AvgIpc) is 2.30. The van der Waals surface area contributed by atoms with Crippen molar-refractivity contribution in [1.82, 2.24) is 5.32 Å². The van der Waals surface area contributed by atoms with Gasteiger partial charge in [-0.15, -0.1) is 0 Å². The lowest BCUT2D eigenvalue weighted by atomic mass is 9.92. The predicted molar refractivity (Wildman–Crippen MR) is 69.9 cm³/mol. The fourth-order valence-electron chi connectivity index (χ4n) is 2.40. The van der Waals surface area contributed by atoms with Gasteiger partial charge in [0.25, 0.3) is 0 Å². The first kappa shape index (κ1) is 12.8. The standard InChI is InChI=1S/C13H17BrFNO/c1-17-13-10(6-11(15)7-12(13)14)5-9-3-2-4-16-8-9/h6-7,9,16H,2-5,8H2,1H3. The van der Waals surface area contributed by atoms with Gasteiger partial charge in [-0.1, -0.05) is 0 Å². The van der Waals surface area contributed by atoms with Crippen LogP contribution in [0.3, 0.4) is 0 Å². The normalized spacial score (nSPS) is 20.3. The Labute approximate surface area is 110 Å². The Bertz CT molecular complexity index is 391. The number of methoxy groups -OCH3 is 1. The van der Waals surface area contributed by atoms with Gasteiger partial charge in [0.1, 0.15) is 11.6 Å². The molecule has 1 unspecified atom stereocenters. The summed E-state index contributed by atoms with van der Waals surface area (Å²) < 4.78 is 19.4. The summed E-state index contributed by atoms with van der Waals surface area (Å²) in [6.45, 7) is 2.11. The largest absolute Gasteiger partial charge is 0.495 e. The molecule has 1 N–H and O–H groups in total. The number of rotatable bonds is 3. The summed E-state index contributed by atoms with van der Waals surface area (Å²) in [5.41, 5.74) is 0.952. The number of ether oxygens (including phenoxy) is 1. The fourth-order valence-corrected chi connectivity index (χ4v) is 3.04. The molecule has 0 aromatic heterocycles. The van der Waals surface area contributed by atoms with Gasteiger partial charge in [0.2, 0.25) is 0 Å². The zero-order chi connectivity index (χ0) is 12.3. The smallest absolute Gasteiger partial charge is 0.136 e. The summed E-state index contributed by atoms with van der Waals surface area (Å²) >= 11 is 3.34. The monoisotopic (exact) mass is 301 g/mol. The van der Waals surface area contributed by atoms with Crippen LogP contribution in [-0.4, -0.2) is 20.2 Å². The summed E-state index contributed by atoms with van der Waals surface area (Å²) in [6.07, 6.45) is 3.26. The Morgan fingerprint density at radius 3 is 3.00 bits per heavy atom. The van der Waals surface area contributed by atoms with Crippen LogP contribution in [0.1, 0.15) is 18.4 Å². The number of hydrogen-bond donors (Lipinski definition) is 1. The molecule has 1 fully saturated rings. The van der Waals surface area contributed by atoms with Gasteiger partial charge >= 0.3 is 0 Å². The van der Waals surface area contributed by atoms with Crippen LogP contribution >= 0.6 is 15.9 Å². The minimum absolute atomic E-state index is 0.212. The SMILES string of the molecule is COc1c(Br)cc(F)cc1CC1CCCNC1. The minimum Gasteiger partial charge on any atom is -0.495 e. The van der Waals surface area contributed by atoms with Crippen molar-refractivity contribution < 1.29 is 9.13 Å². The maximum Gasteiger partial charge on any atom is 0.136 e. The van der Waals surface area contributed by atoms with Gasteiger partial charge in [-0.25, -0.2) is 4.39 Å². The molecule has 4 heteroatoms. The number of benzene rings is 1. The molecule has 2 nitrogen and oxygen atoms in total. The second kappa shape index (κ2) is 5.83. The first-order chi connectivity index (χ1) is 8.20. The summed E-state index contributed by atoms with van der Waals surface area (Å²) in [5.74, 6) is 1.12. The van der Waals surface area contributed by atoms with E-state index in [1.165, 1.54) is 18.9 Å². The van der Waals surface area contributed by atoms with Crippen LogP contribution in [0.2, 0.25) is 0 Å². The molecule has 0 aliphatic carbocycles. The van der Waals surface area contributed by atoms with E-state index >= 15 is 0 Å². The van der Waals surface area contributed by atoms with Crippen LogP contribution in [0, 0.1) is 11.7 Å². The number of halogens is 2. The summed E-state index contributed by atoms with van der Waals surface area (Å²) in [5, 5.41) is 3.38. The van der Waals surface area contributed by atoms with E-state index in [-0.39, 0.29) is 5.82 Å². The molecule has 0 radical (unpaired) electrons. The molecule has 0 saturated carbocycles. The molecular formula is C13H17BrFNO. The van der Waals surface area contributed by atoms with Gasteiger partial charge in [0, 0.05) is 0 Å². The molecule has 94 valence electrons. The van der Waals surface area contributed by atoms with Gasteiger partial charge in [0.05, 0.1) is 11.6 Å². The Balaban J connectivity index is 2.18. The molecule has 1 aromatic carbocycles. The summed E-state index contributed by atoms with van der Waals surface area (Å²) in [4.78, 5) is 0. The van der Waals surface area contributed by atoms with Crippen molar-refractivity contribution in [1.29, 1.82) is 0 Å². The van der Waals surface area contributed by atoms with Crippen LogP contribution in [0.25, 0.3) is 0 Å². The van der Waals surface area contributed by atoms with Crippen molar-refractivity contribution in [3.63, 3.8) is 0 Å².